The Hall–Kier alpha value is -2.37. The van der Waals surface area contributed by atoms with E-state index in [0.717, 1.165) is 43.4 Å². The van der Waals surface area contributed by atoms with Crippen LogP contribution < -0.4 is 4.74 Å². The van der Waals surface area contributed by atoms with Gasteiger partial charge in [-0.05, 0) is 65.0 Å². The average Bonchev–Trinajstić information content (AvgIpc) is 2.76. The minimum atomic E-state index is -1.16. The number of cyclic esters (lactones) is 1. The Labute approximate surface area is 192 Å². The Balaban J connectivity index is 1.91. The number of hydrogen-bond acceptors (Lipinski definition) is 6. The van der Waals surface area contributed by atoms with E-state index >= 15 is 0 Å². The number of carbonyl (C=O) groups is 2. The number of ether oxygens (including phenoxy) is 2. The van der Waals surface area contributed by atoms with Crippen molar-refractivity contribution in [2.24, 2.45) is 5.16 Å². The zero-order valence-corrected chi connectivity index (χ0v) is 20.0. The van der Waals surface area contributed by atoms with Gasteiger partial charge in [0.15, 0.2) is 0 Å². The minimum Gasteiger partial charge on any atom is -0.476 e. The van der Waals surface area contributed by atoms with E-state index in [1.54, 1.807) is 13.8 Å². The minimum absolute atomic E-state index is 0.128. The summed E-state index contributed by atoms with van der Waals surface area (Å²) in [6.07, 6.45) is 11.6. The second-order valence-electron chi connectivity index (χ2n) is 9.11. The van der Waals surface area contributed by atoms with Crippen molar-refractivity contribution in [3.63, 3.8) is 0 Å². The van der Waals surface area contributed by atoms with E-state index in [0.29, 0.717) is 31.6 Å². The molecule has 0 bridgehead atoms. The lowest BCUT2D eigenvalue weighted by molar-refractivity contribution is -0.159. The molecule has 1 aromatic rings. The second-order valence-corrected chi connectivity index (χ2v) is 9.11. The third kappa shape index (κ3) is 10.3. The highest BCUT2D eigenvalue weighted by Crippen LogP contribution is 2.20. The molecule has 1 aromatic carbocycles. The Morgan fingerprint density at radius 3 is 2.09 bits per heavy atom. The van der Waals surface area contributed by atoms with Gasteiger partial charge in [0.1, 0.15) is 5.75 Å². The Bertz CT molecular complexity index is 739. The maximum Gasteiger partial charge on any atom is 0.377 e. The summed E-state index contributed by atoms with van der Waals surface area (Å²) in [5.41, 5.74) is 0.787. The van der Waals surface area contributed by atoms with E-state index in [2.05, 4.69) is 5.16 Å². The number of carbonyl (C=O) groups excluding carboxylic acids is 2. The summed E-state index contributed by atoms with van der Waals surface area (Å²) in [5, 5.41) is 4.17. The van der Waals surface area contributed by atoms with E-state index in [4.69, 9.17) is 14.3 Å². The highest BCUT2D eigenvalue weighted by molar-refractivity contribution is 5.85. The molecule has 178 valence electrons. The molecular weight excluding hydrogens is 406 g/mol. The van der Waals surface area contributed by atoms with Crippen molar-refractivity contribution in [3.8, 4) is 5.75 Å². The topological polar surface area (TPSA) is 74.2 Å². The normalized spacial score (nSPS) is 19.2. The van der Waals surface area contributed by atoms with E-state index in [-0.39, 0.29) is 5.97 Å². The maximum atomic E-state index is 12.6. The molecule has 32 heavy (non-hydrogen) atoms. The molecule has 1 saturated heterocycles. The maximum absolute atomic E-state index is 12.6. The highest BCUT2D eigenvalue weighted by atomic mass is 16.7. The number of rotatable bonds is 4. The van der Waals surface area contributed by atoms with Gasteiger partial charge in [0.25, 0.3) is 0 Å². The van der Waals surface area contributed by atoms with E-state index in [9.17, 15) is 9.59 Å². The molecule has 0 aliphatic carbocycles. The van der Waals surface area contributed by atoms with Gasteiger partial charge < -0.3 is 14.3 Å². The summed E-state index contributed by atoms with van der Waals surface area (Å²) < 4.78 is 11.2. The van der Waals surface area contributed by atoms with Gasteiger partial charge in [-0.3, -0.25) is 4.79 Å². The molecule has 1 fully saturated rings. The number of nitrogens with zero attached hydrogens (tertiary/aromatic N) is 1. The number of hydrogen-bond donors (Lipinski definition) is 0. The molecule has 1 aliphatic rings. The molecule has 0 radical (unpaired) electrons. The van der Waals surface area contributed by atoms with Crippen LogP contribution in [-0.4, -0.2) is 29.9 Å². The molecular formula is C26H39NO5. The van der Waals surface area contributed by atoms with Crippen molar-refractivity contribution in [1.29, 1.82) is 0 Å². The first-order valence-electron chi connectivity index (χ1n) is 12.1. The third-order valence-electron chi connectivity index (χ3n) is 5.61. The summed E-state index contributed by atoms with van der Waals surface area (Å²) in [4.78, 5) is 29.7. The van der Waals surface area contributed by atoms with Crippen molar-refractivity contribution >= 4 is 17.7 Å². The summed E-state index contributed by atoms with van der Waals surface area (Å²) >= 11 is 0. The first-order valence-corrected chi connectivity index (χ1v) is 12.1. The molecule has 0 amide bonds. The molecule has 0 saturated carbocycles. The molecule has 0 aromatic heterocycles. The lowest BCUT2D eigenvalue weighted by Crippen LogP contribution is -2.39. The second kappa shape index (κ2) is 13.9. The van der Waals surface area contributed by atoms with E-state index < -0.39 is 11.6 Å². The molecule has 6 heteroatoms. The Kier molecular flexibility index (Phi) is 11.3. The molecule has 0 atom stereocenters. The van der Waals surface area contributed by atoms with Crippen LogP contribution in [-0.2, 0) is 19.2 Å². The summed E-state index contributed by atoms with van der Waals surface area (Å²) in [5.74, 6) is -0.0575. The van der Waals surface area contributed by atoms with Gasteiger partial charge in [0.05, 0.1) is 12.3 Å². The van der Waals surface area contributed by atoms with E-state index in [1.807, 2.05) is 31.2 Å². The van der Waals surface area contributed by atoms with Crippen LogP contribution in [0.4, 0.5) is 0 Å². The standard InChI is InChI=1S/C26H39NO5/c1-21-16-18-23(19-17-21)31-26(2,3)25(29)32-27-22-13-10-8-6-4-5-7-9-11-15-24(28)30-20-12-14-22/h16-19H,4-15,20H2,1-3H3. The van der Waals surface area contributed by atoms with Crippen LogP contribution in [0.1, 0.15) is 96.5 Å². The first kappa shape index (κ1) is 25.9. The lowest BCUT2D eigenvalue weighted by Gasteiger charge is -2.23. The number of esters is 1. The third-order valence-corrected chi connectivity index (χ3v) is 5.61. The van der Waals surface area contributed by atoms with Gasteiger partial charge in [-0.1, -0.05) is 61.4 Å². The van der Waals surface area contributed by atoms with E-state index in [1.165, 1.54) is 25.7 Å². The van der Waals surface area contributed by atoms with Crippen LogP contribution in [0.15, 0.2) is 29.4 Å². The fraction of sp³-hybridized carbons (Fsp3) is 0.654. The van der Waals surface area contributed by atoms with Gasteiger partial charge in [-0.2, -0.15) is 0 Å². The zero-order valence-electron chi connectivity index (χ0n) is 20.0. The molecule has 0 N–H and O–H groups in total. The number of oxime groups is 1. The van der Waals surface area contributed by atoms with Crippen molar-refractivity contribution in [1.82, 2.24) is 0 Å². The molecule has 0 unspecified atom stereocenters. The van der Waals surface area contributed by atoms with Crippen LogP contribution in [0.2, 0.25) is 0 Å². The summed E-state index contributed by atoms with van der Waals surface area (Å²) in [7, 11) is 0. The summed E-state index contributed by atoms with van der Waals surface area (Å²) in [6, 6.07) is 7.53. The fourth-order valence-electron chi connectivity index (χ4n) is 3.57. The van der Waals surface area contributed by atoms with Crippen LogP contribution in [0.3, 0.4) is 0 Å². The Morgan fingerprint density at radius 2 is 1.44 bits per heavy atom. The molecule has 1 heterocycles. The largest absolute Gasteiger partial charge is 0.476 e. The number of aryl methyl sites for hydroxylation is 1. The predicted octanol–water partition coefficient (Wildman–Crippen LogP) is 6.29. The van der Waals surface area contributed by atoms with Gasteiger partial charge in [-0.15, -0.1) is 0 Å². The van der Waals surface area contributed by atoms with Crippen LogP contribution in [0.5, 0.6) is 5.75 Å². The van der Waals surface area contributed by atoms with Crippen LogP contribution in [0.25, 0.3) is 0 Å². The van der Waals surface area contributed by atoms with Gasteiger partial charge in [0, 0.05) is 6.42 Å². The predicted molar refractivity (Wildman–Crippen MR) is 126 cm³/mol. The molecule has 0 spiro atoms. The van der Waals surface area contributed by atoms with Crippen molar-refractivity contribution < 1.29 is 23.9 Å². The number of benzene rings is 1. The van der Waals surface area contributed by atoms with Gasteiger partial charge in [-0.25, -0.2) is 4.79 Å². The quantitative estimate of drug-likeness (QED) is 0.309. The van der Waals surface area contributed by atoms with Crippen molar-refractivity contribution in [2.75, 3.05) is 6.61 Å². The lowest BCUT2D eigenvalue weighted by atomic mass is 10.0. The molecule has 1 aliphatic heterocycles. The van der Waals surface area contributed by atoms with Gasteiger partial charge >= 0.3 is 11.9 Å². The van der Waals surface area contributed by atoms with Crippen molar-refractivity contribution in [3.05, 3.63) is 29.8 Å². The Morgan fingerprint density at radius 1 is 0.875 bits per heavy atom. The van der Waals surface area contributed by atoms with Crippen molar-refractivity contribution in [2.45, 2.75) is 103 Å². The van der Waals surface area contributed by atoms with Crippen LogP contribution in [0, 0.1) is 6.92 Å². The molecule has 6 nitrogen and oxygen atoms in total. The van der Waals surface area contributed by atoms with Crippen LogP contribution >= 0.6 is 0 Å². The monoisotopic (exact) mass is 445 g/mol. The first-order chi connectivity index (χ1) is 15.4. The van der Waals surface area contributed by atoms with Gasteiger partial charge in [0.2, 0.25) is 5.60 Å². The molecule has 2 rings (SSSR count). The average molecular weight is 446 g/mol. The fourth-order valence-corrected chi connectivity index (χ4v) is 3.57. The smallest absolute Gasteiger partial charge is 0.377 e. The SMILES string of the molecule is Cc1ccc(OC(C)(C)C(=O)ON=C2CCCCCCCCCCC(=O)OCCC2)cc1. The summed E-state index contributed by atoms with van der Waals surface area (Å²) in [6.45, 7) is 5.71. The highest BCUT2D eigenvalue weighted by Gasteiger charge is 2.32. The zero-order chi connectivity index (χ0) is 23.2.